The van der Waals surface area contributed by atoms with Gasteiger partial charge in [0.05, 0.1) is 11.4 Å². The molecule has 0 fully saturated rings. The molecule has 6 rings (SSSR count). The zero-order chi connectivity index (χ0) is 35.5. The zero-order valence-corrected chi connectivity index (χ0v) is 31.9. The molecule has 1 amide bonds. The number of rotatable bonds is 10. The highest BCUT2D eigenvalue weighted by atomic mass is 32.2. The molecule has 0 bridgehead atoms. The lowest BCUT2D eigenvalue weighted by Gasteiger charge is -2.43. The summed E-state index contributed by atoms with van der Waals surface area (Å²) in [5.74, 6) is 0.796. The largest absolute Gasteiger partial charge is 0.534 e. The first-order valence-electron chi connectivity index (χ1n) is 17.4. The first-order chi connectivity index (χ1) is 24.1. The van der Waals surface area contributed by atoms with E-state index in [1.165, 1.54) is 10.4 Å². The summed E-state index contributed by atoms with van der Waals surface area (Å²) >= 11 is 1.68. The maximum Gasteiger partial charge on any atom is 0.419 e. The van der Waals surface area contributed by atoms with Crippen molar-refractivity contribution in [1.82, 2.24) is 0 Å². The van der Waals surface area contributed by atoms with Gasteiger partial charge in [-0.05, 0) is 96.2 Å². The van der Waals surface area contributed by atoms with Gasteiger partial charge in [0.25, 0.3) is 0 Å². The molecule has 50 heavy (non-hydrogen) atoms. The van der Waals surface area contributed by atoms with E-state index in [-0.39, 0.29) is 11.6 Å². The predicted molar refractivity (Wildman–Crippen MR) is 212 cm³/mol. The van der Waals surface area contributed by atoms with Crippen LogP contribution in [0.1, 0.15) is 51.3 Å². The molecule has 0 unspecified atom stereocenters. The molecule has 0 saturated carbocycles. The summed E-state index contributed by atoms with van der Waals surface area (Å²) < 4.78 is 13.2. The lowest BCUT2D eigenvalue weighted by molar-refractivity contribution is 0.149. The second kappa shape index (κ2) is 14.7. The van der Waals surface area contributed by atoms with E-state index in [1.54, 1.807) is 16.7 Å². The summed E-state index contributed by atoms with van der Waals surface area (Å²) in [7, 11) is -2.77. The smallest absolute Gasteiger partial charge is 0.419 e. The van der Waals surface area contributed by atoms with Crippen molar-refractivity contribution in [2.24, 2.45) is 0 Å². The normalized spacial score (nSPS) is 12.5. The molecule has 1 heterocycles. The summed E-state index contributed by atoms with van der Waals surface area (Å²) in [6, 6.07) is 37.7. The van der Waals surface area contributed by atoms with E-state index in [0.717, 1.165) is 68.1 Å². The summed E-state index contributed by atoms with van der Waals surface area (Å²) in [5, 5.41) is 9.20. The molecular weight excluding hydrogens is 655 g/mol. The Hall–Kier alpha value is -4.66. The van der Waals surface area contributed by atoms with Gasteiger partial charge in [-0.15, -0.1) is 0 Å². The van der Waals surface area contributed by atoms with Gasteiger partial charge in [0.2, 0.25) is 0 Å². The number of amides is 1. The first-order valence-corrected chi connectivity index (χ1v) is 20.1. The molecule has 0 radical (unpaired) electrons. The number of carbonyl (C=O) groups is 1. The van der Waals surface area contributed by atoms with E-state index >= 15 is 0 Å². The molecule has 2 N–H and O–H groups in total. The van der Waals surface area contributed by atoms with Crippen LogP contribution in [0.15, 0.2) is 119 Å². The molecule has 5 aromatic rings. The SMILES string of the molecule is CCNc1cc2c(cc1C)N(C(=O)OCc1ccc(O[Si](c3ccccc3)(c3ccccc3)C(C)(C)C)cc1)c1cc(C)c(NCC)cc1S2. The molecule has 6 nitrogen and oxygen atoms in total. The van der Waals surface area contributed by atoms with Crippen molar-refractivity contribution in [1.29, 1.82) is 0 Å². The van der Waals surface area contributed by atoms with Gasteiger partial charge in [-0.3, -0.25) is 0 Å². The van der Waals surface area contributed by atoms with Gasteiger partial charge in [0.1, 0.15) is 12.4 Å². The first kappa shape index (κ1) is 35.2. The second-order valence-corrected chi connectivity index (χ2v) is 19.0. The van der Waals surface area contributed by atoms with Gasteiger partial charge in [0, 0.05) is 34.3 Å². The maximum atomic E-state index is 14.1. The quantitative estimate of drug-likeness (QED) is 0.141. The van der Waals surface area contributed by atoms with Gasteiger partial charge < -0.3 is 19.8 Å². The van der Waals surface area contributed by atoms with Gasteiger partial charge in [-0.25, -0.2) is 9.69 Å². The fourth-order valence-electron chi connectivity index (χ4n) is 6.75. The summed E-state index contributed by atoms with van der Waals surface area (Å²) in [6.07, 6.45) is -0.411. The van der Waals surface area contributed by atoms with Crippen molar-refractivity contribution in [3.05, 3.63) is 126 Å². The topological polar surface area (TPSA) is 62.8 Å². The standard InChI is InChI=1S/C42H47N3O3SSi/c1-8-43-35-26-39-37(24-29(35)3)45(38-25-30(4)36(44-9-2)27-40(38)49-39)41(46)47-28-31-20-22-32(23-21-31)48-50(42(5,6)7,33-16-12-10-13-17-33)34-18-14-11-15-19-34/h10-27,43-44H,8-9,28H2,1-7H3. The highest BCUT2D eigenvalue weighted by Crippen LogP contribution is 2.51. The van der Waals surface area contributed by atoms with Crippen molar-refractivity contribution in [2.45, 2.75) is 69.9 Å². The number of benzene rings is 5. The van der Waals surface area contributed by atoms with Crippen LogP contribution in [0.2, 0.25) is 5.04 Å². The number of nitrogens with zero attached hydrogens (tertiary/aromatic N) is 1. The fraction of sp³-hybridized carbons (Fsp3) is 0.262. The lowest BCUT2D eigenvalue weighted by atomic mass is 10.1. The van der Waals surface area contributed by atoms with Crippen LogP contribution in [0, 0.1) is 13.8 Å². The maximum absolute atomic E-state index is 14.1. The highest BCUT2D eigenvalue weighted by Gasteiger charge is 2.52. The van der Waals surface area contributed by atoms with E-state index in [2.05, 4.69) is 144 Å². The van der Waals surface area contributed by atoms with Crippen LogP contribution in [0.25, 0.3) is 0 Å². The van der Waals surface area contributed by atoms with Crippen LogP contribution in [-0.2, 0) is 11.3 Å². The molecule has 0 spiro atoms. The number of hydrogen-bond donors (Lipinski definition) is 2. The summed E-state index contributed by atoms with van der Waals surface area (Å²) in [5.41, 5.74) is 6.82. The molecule has 8 heteroatoms. The van der Waals surface area contributed by atoms with E-state index in [4.69, 9.17) is 9.16 Å². The molecule has 0 aromatic heterocycles. The molecule has 258 valence electrons. The minimum atomic E-state index is -2.77. The Balaban J connectivity index is 1.27. The third-order valence-electron chi connectivity index (χ3n) is 9.20. The third kappa shape index (κ3) is 6.87. The average Bonchev–Trinajstić information content (AvgIpc) is 3.10. The number of nitrogens with one attached hydrogen (secondary N) is 2. The van der Waals surface area contributed by atoms with Gasteiger partial charge in [0.15, 0.2) is 0 Å². The number of ether oxygens (including phenoxy) is 1. The number of aryl methyl sites for hydroxylation is 2. The van der Waals surface area contributed by atoms with Crippen molar-refractivity contribution < 1.29 is 14.0 Å². The van der Waals surface area contributed by atoms with Gasteiger partial charge >= 0.3 is 14.4 Å². The Morgan fingerprint density at radius 3 is 1.64 bits per heavy atom. The monoisotopic (exact) mass is 701 g/mol. The molecule has 0 saturated heterocycles. The number of hydrogen-bond acceptors (Lipinski definition) is 6. The molecule has 1 aliphatic rings. The Labute approximate surface area is 302 Å². The highest BCUT2D eigenvalue weighted by molar-refractivity contribution is 7.99. The van der Waals surface area contributed by atoms with Crippen molar-refractivity contribution in [2.75, 3.05) is 28.6 Å². The Kier molecular flexibility index (Phi) is 10.3. The van der Waals surface area contributed by atoms with Crippen LogP contribution in [0.3, 0.4) is 0 Å². The van der Waals surface area contributed by atoms with Gasteiger partial charge in [-0.2, -0.15) is 0 Å². The second-order valence-electron chi connectivity index (χ2n) is 13.7. The molecule has 5 aromatic carbocycles. The lowest BCUT2D eigenvalue weighted by Crippen LogP contribution is -2.68. The minimum absolute atomic E-state index is 0.134. The van der Waals surface area contributed by atoms with Crippen molar-refractivity contribution in [3.63, 3.8) is 0 Å². The Bertz CT molecular complexity index is 1860. The third-order valence-corrected chi connectivity index (χ3v) is 15.2. The van der Waals surface area contributed by atoms with Crippen LogP contribution in [-0.4, -0.2) is 27.5 Å². The average molecular weight is 702 g/mol. The van der Waals surface area contributed by atoms with E-state index < -0.39 is 14.4 Å². The Morgan fingerprint density at radius 1 is 0.720 bits per heavy atom. The van der Waals surface area contributed by atoms with E-state index in [0.29, 0.717) is 0 Å². The molecule has 0 atom stereocenters. The summed E-state index contributed by atoms with van der Waals surface area (Å²) in [4.78, 5) is 17.8. The predicted octanol–water partition coefficient (Wildman–Crippen LogP) is 10.0. The van der Waals surface area contributed by atoms with Crippen LogP contribution >= 0.6 is 11.8 Å². The number of fused-ring (bicyclic) bond motifs is 2. The van der Waals surface area contributed by atoms with Gasteiger partial charge in [-0.1, -0.05) is 105 Å². The van der Waals surface area contributed by atoms with Crippen LogP contribution < -0.4 is 30.3 Å². The molecule has 1 aliphatic heterocycles. The van der Waals surface area contributed by atoms with E-state index in [9.17, 15) is 4.79 Å². The molecular formula is C42H47N3O3SSi. The molecule has 0 aliphatic carbocycles. The zero-order valence-electron chi connectivity index (χ0n) is 30.1. The fourth-order valence-corrected chi connectivity index (χ4v) is 12.3. The summed E-state index contributed by atoms with van der Waals surface area (Å²) in [6.45, 7) is 16.9. The van der Waals surface area contributed by atoms with Crippen LogP contribution in [0.4, 0.5) is 27.5 Å². The Morgan fingerprint density at radius 2 is 1.20 bits per heavy atom. The number of carbonyl (C=O) groups excluding carboxylic acids is 1. The van der Waals surface area contributed by atoms with Crippen LogP contribution in [0.5, 0.6) is 5.75 Å². The van der Waals surface area contributed by atoms with E-state index in [1.807, 2.05) is 24.3 Å². The van der Waals surface area contributed by atoms with Crippen molar-refractivity contribution in [3.8, 4) is 5.75 Å². The minimum Gasteiger partial charge on any atom is -0.534 e. The van der Waals surface area contributed by atoms with Crippen molar-refractivity contribution >= 4 is 59.3 Å². The number of anilines is 4.